The molecular weight excluding hydrogens is 1600 g/mol. The number of hydrogen-bond donors (Lipinski definition) is 1. The van der Waals surface area contributed by atoms with E-state index in [1.807, 2.05) is 57.2 Å². The SMILES string of the molecule is CCN(C(=O)CCn1c(N2CCC(C(C)(C)C)CC2)nc2ccccc21)C1CCCCC1.CCN(C(=O)CCn1c(N2CCC(C(C)F)CC2)nc2ccccc21)C1CCCCC1.CCN(C(=O)CCn1c(N2CCC(C)CC2)nc2ccccc21)C1CCCCC1.CCN(C(=O)CCn1c(N2CCC[C@H](NC(=O)OC(C)(C)C)C2)nc2ccccc21)C1CCCCC1. The van der Waals surface area contributed by atoms with E-state index in [0.29, 0.717) is 99.8 Å². The average molecular weight is 1760 g/mol. The van der Waals surface area contributed by atoms with E-state index >= 15 is 0 Å². The molecule has 4 aliphatic heterocycles. The van der Waals surface area contributed by atoms with Crippen LogP contribution in [0.1, 0.15) is 289 Å². The molecule has 128 heavy (non-hydrogen) atoms. The number of alkyl carbamates (subject to hydrolysis) is 1. The molecule has 0 radical (unpaired) electrons. The summed E-state index contributed by atoms with van der Waals surface area (Å²) >= 11 is 0. The summed E-state index contributed by atoms with van der Waals surface area (Å²) in [5.41, 5.74) is 8.22. The van der Waals surface area contributed by atoms with Gasteiger partial charge < -0.3 is 67.5 Å². The van der Waals surface area contributed by atoms with Crippen molar-refractivity contribution in [2.45, 2.75) is 357 Å². The van der Waals surface area contributed by atoms with Crippen molar-refractivity contribution in [2.75, 3.05) is 98.1 Å². The lowest BCUT2D eigenvalue weighted by atomic mass is 9.75. The summed E-state index contributed by atoms with van der Waals surface area (Å²) in [7, 11) is 0. The zero-order valence-electron chi connectivity index (χ0n) is 80.4. The van der Waals surface area contributed by atoms with Crippen LogP contribution in [0.4, 0.5) is 33.0 Å². The van der Waals surface area contributed by atoms with Crippen molar-refractivity contribution in [3.8, 4) is 0 Å². The highest BCUT2D eigenvalue weighted by molar-refractivity contribution is 5.84. The Balaban J connectivity index is 0.000000146. The third-order valence-electron chi connectivity index (χ3n) is 29.4. The molecule has 1 N–H and O–H groups in total. The molecule has 23 nitrogen and oxygen atoms in total. The molecule has 4 aliphatic carbocycles. The number of aryl methyl sites for hydroxylation is 4. The zero-order valence-corrected chi connectivity index (χ0v) is 80.4. The summed E-state index contributed by atoms with van der Waals surface area (Å²) in [5, 5.41) is 3.04. The molecule has 4 aromatic heterocycles. The van der Waals surface area contributed by atoms with Gasteiger partial charge in [-0.1, -0.05) is 153 Å². The van der Waals surface area contributed by atoms with Gasteiger partial charge in [0.1, 0.15) is 11.8 Å². The maximum absolute atomic E-state index is 13.8. The normalized spacial score (nSPS) is 19.2. The zero-order chi connectivity index (χ0) is 90.4. The number of ether oxygens (including phenoxy) is 1. The van der Waals surface area contributed by atoms with Gasteiger partial charge in [0.15, 0.2) is 0 Å². The Hall–Kier alpha value is -8.96. The molecule has 702 valence electrons. The Kier molecular flexibility index (Phi) is 34.9. The quantitative estimate of drug-likeness (QED) is 0.0536. The Morgan fingerprint density at radius 2 is 0.680 bits per heavy atom. The second kappa shape index (κ2) is 46.2. The van der Waals surface area contributed by atoms with Crippen LogP contribution >= 0.6 is 0 Å². The van der Waals surface area contributed by atoms with Crippen LogP contribution < -0.4 is 24.9 Å². The van der Waals surface area contributed by atoms with Crippen LogP contribution in [0, 0.1) is 23.2 Å². The first-order chi connectivity index (χ1) is 61.9. The highest BCUT2D eigenvalue weighted by atomic mass is 19.1. The lowest BCUT2D eigenvalue weighted by Crippen LogP contribution is -2.49. The van der Waals surface area contributed by atoms with Crippen LogP contribution in [0.5, 0.6) is 0 Å². The second-order valence-electron chi connectivity index (χ2n) is 40.3. The van der Waals surface area contributed by atoms with Crippen molar-refractivity contribution in [3.63, 3.8) is 0 Å². The predicted molar refractivity (Wildman–Crippen MR) is 520 cm³/mol. The molecule has 8 heterocycles. The van der Waals surface area contributed by atoms with Crippen LogP contribution in [-0.2, 0) is 50.1 Å². The van der Waals surface area contributed by atoms with Gasteiger partial charge in [-0.05, 0) is 230 Å². The van der Waals surface area contributed by atoms with Crippen LogP contribution in [0.2, 0.25) is 0 Å². The van der Waals surface area contributed by atoms with E-state index in [1.54, 1.807) is 6.92 Å². The Labute approximate surface area is 764 Å². The number of nitrogens with one attached hydrogen (secondary N) is 1. The minimum Gasteiger partial charge on any atom is -0.444 e. The summed E-state index contributed by atoms with van der Waals surface area (Å²) < 4.78 is 28.2. The van der Waals surface area contributed by atoms with E-state index in [4.69, 9.17) is 24.7 Å². The summed E-state index contributed by atoms with van der Waals surface area (Å²) in [6.45, 7) is 38.4. The number of hydrogen-bond acceptors (Lipinski definition) is 14. The Morgan fingerprint density at radius 3 is 0.969 bits per heavy atom. The number of amides is 5. The van der Waals surface area contributed by atoms with Crippen molar-refractivity contribution >= 4 is 97.6 Å². The van der Waals surface area contributed by atoms with Gasteiger partial charge in [0, 0.05) is 161 Å². The third-order valence-corrected chi connectivity index (χ3v) is 29.4. The molecule has 2 atom stereocenters. The van der Waals surface area contributed by atoms with Gasteiger partial charge in [0.2, 0.25) is 47.4 Å². The van der Waals surface area contributed by atoms with Crippen LogP contribution in [0.15, 0.2) is 97.1 Å². The second-order valence-corrected chi connectivity index (χ2v) is 40.3. The molecule has 1 unspecified atom stereocenters. The van der Waals surface area contributed by atoms with E-state index in [-0.39, 0.29) is 29.9 Å². The average Bonchev–Trinajstić information content (AvgIpc) is 1.64. The van der Waals surface area contributed by atoms with Crippen LogP contribution in [0.3, 0.4) is 0 Å². The van der Waals surface area contributed by atoms with E-state index in [1.165, 1.54) is 128 Å². The van der Waals surface area contributed by atoms with Crippen LogP contribution in [0.25, 0.3) is 44.1 Å². The minimum atomic E-state index is -0.751. The fourth-order valence-corrected chi connectivity index (χ4v) is 22.1. The fourth-order valence-electron chi connectivity index (χ4n) is 22.1. The van der Waals surface area contributed by atoms with Gasteiger partial charge in [-0.25, -0.2) is 29.1 Å². The maximum atomic E-state index is 13.8. The van der Waals surface area contributed by atoms with Crippen molar-refractivity contribution in [3.05, 3.63) is 97.1 Å². The monoisotopic (exact) mass is 1760 g/mol. The molecule has 0 spiro atoms. The Morgan fingerprint density at radius 1 is 0.391 bits per heavy atom. The number of para-hydroxylation sites is 8. The molecule has 24 heteroatoms. The molecule has 5 amide bonds. The highest BCUT2D eigenvalue weighted by Crippen LogP contribution is 2.39. The van der Waals surface area contributed by atoms with Crippen molar-refractivity contribution in [1.29, 1.82) is 0 Å². The van der Waals surface area contributed by atoms with Gasteiger partial charge in [0.05, 0.1) is 44.1 Å². The first-order valence-electron chi connectivity index (χ1n) is 50.5. The summed E-state index contributed by atoms with van der Waals surface area (Å²) in [6.07, 6.45) is 33.7. The van der Waals surface area contributed by atoms with E-state index in [2.05, 4.69) is 179 Å². The summed E-state index contributed by atoms with van der Waals surface area (Å²) in [5.74, 6) is 6.68. The van der Waals surface area contributed by atoms with Crippen molar-refractivity contribution in [1.82, 2.24) is 63.1 Å². The number of rotatable bonds is 26. The van der Waals surface area contributed by atoms with Gasteiger partial charge in [0.25, 0.3) is 0 Å². The van der Waals surface area contributed by atoms with Crippen LogP contribution in [-0.4, -0.2) is 208 Å². The lowest BCUT2D eigenvalue weighted by molar-refractivity contribution is -0.135. The number of imidazole rings is 4. The number of aromatic nitrogens is 8. The molecular formula is C104H158FN17O6. The lowest BCUT2D eigenvalue weighted by Gasteiger charge is -2.39. The minimum absolute atomic E-state index is 0.00891. The number of alkyl halides is 1. The van der Waals surface area contributed by atoms with E-state index in [9.17, 15) is 28.4 Å². The standard InChI is InChI=1S/C28H43N5O3.C27H42N4O.C25H37FN4O.C24H36N4O/c1-5-32(22-13-7-6-8-14-22)25(34)17-19-33-24-16-10-9-15-23(24)30-26(33)31-18-11-12-21(20-31)29-27(35)36-28(2,3)4;1-5-30(22-11-7-6-8-12-22)25(32)17-20-31-24-14-10-9-13-23(24)28-26(31)29-18-15-21(16-19-29)27(2,3)4;1-3-29(21-9-5-4-6-10-21)24(31)15-18-30-23-12-8-7-11-22(23)27-25(30)28-16-13-20(14-17-28)19(2)26;1-3-27(20-9-5-4-6-10-20)23(29)15-18-28-22-12-8-7-11-21(22)25-24(28)26-16-13-19(2)14-17-26/h9-10,15-16,21-22H,5-8,11-14,17-20H2,1-4H3,(H,29,35);9-10,13-14,21-22H,5-8,11-12,15-20H2,1-4H3;7-8,11-12,19-21H,3-6,9-10,13-18H2,1-2H3;7-8,11-12,19-20H,3-6,9-10,13-18H2,1-2H3/t21-;;;/m0.../s1. The van der Waals surface area contributed by atoms with E-state index < -0.39 is 11.8 Å². The topological polar surface area (TPSA) is 204 Å². The molecule has 0 bridgehead atoms. The van der Waals surface area contributed by atoms with E-state index in [0.717, 1.165) is 203 Å². The number of anilines is 4. The molecule has 4 saturated heterocycles. The summed E-state index contributed by atoms with van der Waals surface area (Å²) in [6, 6.07) is 34.7. The number of benzene rings is 4. The van der Waals surface area contributed by atoms with Crippen molar-refractivity contribution in [2.24, 2.45) is 23.2 Å². The maximum Gasteiger partial charge on any atom is 0.407 e. The highest BCUT2D eigenvalue weighted by Gasteiger charge is 2.36. The first-order valence-corrected chi connectivity index (χ1v) is 50.5. The van der Waals surface area contributed by atoms with Gasteiger partial charge in [-0.3, -0.25) is 19.2 Å². The molecule has 4 saturated carbocycles. The largest absolute Gasteiger partial charge is 0.444 e. The number of nitrogens with zero attached hydrogens (tertiary/aromatic N) is 16. The first kappa shape index (κ1) is 96.6. The van der Waals surface area contributed by atoms with Gasteiger partial charge >= 0.3 is 6.09 Å². The molecule has 8 aromatic rings. The predicted octanol–water partition coefficient (Wildman–Crippen LogP) is 21.0. The van der Waals surface area contributed by atoms with Gasteiger partial charge in [-0.15, -0.1) is 0 Å². The molecule has 16 rings (SSSR count). The Bertz CT molecular complexity index is 4810. The summed E-state index contributed by atoms with van der Waals surface area (Å²) in [4.78, 5) is 103. The number of halogens is 1. The smallest absolute Gasteiger partial charge is 0.407 e. The molecule has 4 aromatic carbocycles. The molecule has 8 aliphatic rings. The van der Waals surface area contributed by atoms with Gasteiger partial charge in [-0.2, -0.15) is 0 Å². The number of carbonyl (C=O) groups is 5. The number of piperidine rings is 4. The number of fused-ring (bicyclic) bond motifs is 4. The number of carbonyl (C=O) groups excluding carboxylic acids is 5. The molecule has 8 fully saturated rings. The fraction of sp³-hybridized carbons (Fsp3) is 0.683. The third kappa shape index (κ3) is 25.2. The van der Waals surface area contributed by atoms with Crippen molar-refractivity contribution < 1.29 is 33.1 Å².